The van der Waals surface area contributed by atoms with E-state index in [1.165, 1.54) is 16.5 Å². The zero-order chi connectivity index (χ0) is 41.0. The number of aromatic nitrogens is 4. The summed E-state index contributed by atoms with van der Waals surface area (Å²) in [6.45, 7) is 0. The minimum absolute atomic E-state index is 0.573. The highest BCUT2D eigenvalue weighted by molar-refractivity contribution is 6.17. The molecule has 0 saturated heterocycles. The first-order valence-corrected chi connectivity index (χ1v) is 20.8. The van der Waals surface area contributed by atoms with Crippen LogP contribution in [-0.2, 0) is 0 Å². The summed E-state index contributed by atoms with van der Waals surface area (Å²) in [5, 5.41) is 4.39. The number of hydrogen-bond donors (Lipinski definition) is 0. The first-order chi connectivity index (χ1) is 30.7. The van der Waals surface area contributed by atoms with E-state index in [0.717, 1.165) is 83.0 Å². The van der Waals surface area contributed by atoms with E-state index in [1.807, 2.05) is 12.1 Å². The SMILES string of the molecule is c1ccc(-c2cccc(-c3nc(-c4cccc(-c5ccccc5)c4)nc(-c4ccc5c(c4)oc4cc6c7ccccc7n(-c7cccc(-c8ccccc8)c7)c6cc45)n3)c2)cc1. The van der Waals surface area contributed by atoms with Crippen LogP contribution in [0.1, 0.15) is 0 Å². The standard InChI is InChI=1S/C57H36N4O/c1-4-15-37(16-5-1)40-21-12-24-43(31-40)55-58-56(44-25-13-22-41(32-44)38-17-6-2-7-18-38)60-57(59-55)45-29-30-48-50-35-52-49(36-54(50)62-53(48)34-45)47-27-10-11-28-51(47)61(52)46-26-14-23-42(33-46)39-19-8-3-9-20-39/h1-36H. The Morgan fingerprint density at radius 1 is 0.274 bits per heavy atom. The van der Waals surface area contributed by atoms with Crippen LogP contribution < -0.4 is 0 Å². The Balaban J connectivity index is 1.01. The summed E-state index contributed by atoms with van der Waals surface area (Å²) in [4.78, 5) is 15.4. The average Bonchev–Trinajstić information content (AvgIpc) is 3.88. The second kappa shape index (κ2) is 14.7. The lowest BCUT2D eigenvalue weighted by Crippen LogP contribution is -2.00. The number of para-hydroxylation sites is 1. The molecule has 62 heavy (non-hydrogen) atoms. The molecule has 9 aromatic carbocycles. The van der Waals surface area contributed by atoms with Gasteiger partial charge in [-0.1, -0.05) is 164 Å². The Bertz CT molecular complexity index is 3530. The van der Waals surface area contributed by atoms with Gasteiger partial charge in [-0.3, -0.25) is 0 Å². The van der Waals surface area contributed by atoms with E-state index >= 15 is 0 Å². The molecule has 0 unspecified atom stereocenters. The van der Waals surface area contributed by atoms with Crippen LogP contribution in [0.2, 0.25) is 0 Å². The molecular weight excluding hydrogens is 757 g/mol. The second-order valence-electron chi connectivity index (χ2n) is 15.6. The van der Waals surface area contributed by atoms with Crippen molar-refractivity contribution in [2.75, 3.05) is 0 Å². The van der Waals surface area contributed by atoms with Gasteiger partial charge < -0.3 is 8.98 Å². The van der Waals surface area contributed by atoms with E-state index in [4.69, 9.17) is 19.4 Å². The zero-order valence-corrected chi connectivity index (χ0v) is 33.5. The molecule has 0 aliphatic rings. The number of furan rings is 1. The number of hydrogen-bond acceptors (Lipinski definition) is 4. The van der Waals surface area contributed by atoms with Gasteiger partial charge in [0.2, 0.25) is 0 Å². The highest BCUT2D eigenvalue weighted by Crippen LogP contribution is 2.40. The first-order valence-electron chi connectivity index (χ1n) is 20.8. The van der Waals surface area contributed by atoms with E-state index in [2.05, 4.69) is 211 Å². The Morgan fingerprint density at radius 2 is 0.742 bits per heavy atom. The van der Waals surface area contributed by atoms with Crippen molar-refractivity contribution in [1.82, 2.24) is 19.5 Å². The molecule has 3 heterocycles. The molecule has 0 N–H and O–H groups in total. The highest BCUT2D eigenvalue weighted by atomic mass is 16.3. The Kier molecular flexibility index (Phi) is 8.42. The van der Waals surface area contributed by atoms with Crippen LogP contribution in [0.25, 0.3) is 117 Å². The fourth-order valence-corrected chi connectivity index (χ4v) is 8.81. The fourth-order valence-electron chi connectivity index (χ4n) is 8.81. The van der Waals surface area contributed by atoms with Gasteiger partial charge in [0, 0.05) is 43.9 Å². The number of nitrogens with zero attached hydrogens (tertiary/aromatic N) is 4. The quantitative estimate of drug-likeness (QED) is 0.161. The minimum atomic E-state index is 0.573. The van der Waals surface area contributed by atoms with E-state index < -0.39 is 0 Å². The summed E-state index contributed by atoms with van der Waals surface area (Å²) >= 11 is 0. The number of rotatable bonds is 7. The summed E-state index contributed by atoms with van der Waals surface area (Å²) in [6, 6.07) is 76.3. The van der Waals surface area contributed by atoms with Gasteiger partial charge in [0.1, 0.15) is 11.2 Å². The van der Waals surface area contributed by atoms with E-state index in [1.54, 1.807) is 0 Å². The maximum Gasteiger partial charge on any atom is 0.164 e. The lowest BCUT2D eigenvalue weighted by Gasteiger charge is -2.11. The maximum atomic E-state index is 6.74. The van der Waals surface area contributed by atoms with Crippen molar-refractivity contribution >= 4 is 43.7 Å². The summed E-state index contributed by atoms with van der Waals surface area (Å²) in [6.07, 6.45) is 0. The molecule has 0 radical (unpaired) electrons. The normalized spacial score (nSPS) is 11.5. The van der Waals surface area contributed by atoms with E-state index in [-0.39, 0.29) is 0 Å². The van der Waals surface area contributed by atoms with Crippen molar-refractivity contribution in [2.45, 2.75) is 0 Å². The lowest BCUT2D eigenvalue weighted by atomic mass is 10.0. The molecule has 0 aliphatic heterocycles. The highest BCUT2D eigenvalue weighted by Gasteiger charge is 2.19. The Hall–Kier alpha value is -8.41. The van der Waals surface area contributed by atoms with Crippen LogP contribution in [0.4, 0.5) is 0 Å². The smallest absolute Gasteiger partial charge is 0.164 e. The molecular formula is C57H36N4O. The topological polar surface area (TPSA) is 56.7 Å². The molecule has 0 amide bonds. The molecule has 12 rings (SSSR count). The minimum Gasteiger partial charge on any atom is -0.456 e. The average molecular weight is 793 g/mol. The van der Waals surface area contributed by atoms with Crippen LogP contribution in [0.5, 0.6) is 0 Å². The molecule has 0 bridgehead atoms. The molecule has 5 heteroatoms. The lowest BCUT2D eigenvalue weighted by molar-refractivity contribution is 0.669. The molecule has 5 nitrogen and oxygen atoms in total. The summed E-state index contributed by atoms with van der Waals surface area (Å²) in [5.41, 5.74) is 14.5. The fraction of sp³-hybridized carbons (Fsp3) is 0. The van der Waals surface area contributed by atoms with Crippen molar-refractivity contribution in [3.63, 3.8) is 0 Å². The van der Waals surface area contributed by atoms with Crippen molar-refractivity contribution < 1.29 is 4.42 Å². The third kappa shape index (κ3) is 6.23. The van der Waals surface area contributed by atoms with Crippen molar-refractivity contribution in [3.05, 3.63) is 218 Å². The van der Waals surface area contributed by atoms with Crippen molar-refractivity contribution in [1.29, 1.82) is 0 Å². The molecule has 0 fully saturated rings. The summed E-state index contributed by atoms with van der Waals surface area (Å²) < 4.78 is 9.11. The molecule has 290 valence electrons. The molecule has 0 spiro atoms. The predicted octanol–water partition coefficient (Wildman–Crippen LogP) is 14.9. The van der Waals surface area contributed by atoms with Gasteiger partial charge in [0.15, 0.2) is 17.5 Å². The van der Waals surface area contributed by atoms with Gasteiger partial charge in [-0.05, 0) is 88.0 Å². The number of fused-ring (bicyclic) bond motifs is 6. The molecule has 3 aromatic heterocycles. The molecule has 0 aliphatic carbocycles. The van der Waals surface area contributed by atoms with Crippen LogP contribution in [0.15, 0.2) is 223 Å². The van der Waals surface area contributed by atoms with Gasteiger partial charge in [-0.15, -0.1) is 0 Å². The number of benzene rings is 9. The summed E-state index contributed by atoms with van der Waals surface area (Å²) in [7, 11) is 0. The van der Waals surface area contributed by atoms with Gasteiger partial charge >= 0.3 is 0 Å². The van der Waals surface area contributed by atoms with E-state index in [9.17, 15) is 0 Å². The van der Waals surface area contributed by atoms with Crippen molar-refractivity contribution in [3.8, 4) is 73.2 Å². The Labute approximate surface area is 357 Å². The van der Waals surface area contributed by atoms with Crippen LogP contribution in [0.3, 0.4) is 0 Å². The largest absolute Gasteiger partial charge is 0.456 e. The van der Waals surface area contributed by atoms with Crippen LogP contribution >= 0.6 is 0 Å². The van der Waals surface area contributed by atoms with Gasteiger partial charge in [-0.2, -0.15) is 0 Å². The first kappa shape index (κ1) is 35.5. The van der Waals surface area contributed by atoms with Gasteiger partial charge in [0.05, 0.1) is 11.0 Å². The van der Waals surface area contributed by atoms with Gasteiger partial charge in [-0.25, -0.2) is 15.0 Å². The third-order valence-electron chi connectivity index (χ3n) is 11.8. The Morgan fingerprint density at radius 3 is 1.34 bits per heavy atom. The molecule has 12 aromatic rings. The maximum absolute atomic E-state index is 6.74. The molecule has 0 atom stereocenters. The van der Waals surface area contributed by atoms with Crippen LogP contribution in [0, 0.1) is 0 Å². The van der Waals surface area contributed by atoms with Crippen LogP contribution in [-0.4, -0.2) is 19.5 Å². The second-order valence-corrected chi connectivity index (χ2v) is 15.6. The molecule has 0 saturated carbocycles. The monoisotopic (exact) mass is 792 g/mol. The third-order valence-corrected chi connectivity index (χ3v) is 11.8. The zero-order valence-electron chi connectivity index (χ0n) is 33.5. The predicted molar refractivity (Wildman–Crippen MR) is 254 cm³/mol. The van der Waals surface area contributed by atoms with Gasteiger partial charge in [0.25, 0.3) is 0 Å². The van der Waals surface area contributed by atoms with E-state index in [0.29, 0.717) is 17.5 Å². The summed E-state index contributed by atoms with van der Waals surface area (Å²) in [5.74, 6) is 1.77. The van der Waals surface area contributed by atoms with Crippen molar-refractivity contribution in [2.24, 2.45) is 0 Å².